The van der Waals surface area contributed by atoms with Crippen LogP contribution in [0.5, 0.6) is 0 Å². The van der Waals surface area contributed by atoms with Crippen LogP contribution in [-0.2, 0) is 9.59 Å². The van der Waals surface area contributed by atoms with Crippen LogP contribution in [0.25, 0.3) is 0 Å². The Morgan fingerprint density at radius 1 is 1.22 bits per heavy atom. The van der Waals surface area contributed by atoms with Gasteiger partial charge in [0.25, 0.3) is 0 Å². The Morgan fingerprint density at radius 2 is 1.94 bits per heavy atom. The maximum absolute atomic E-state index is 12.2. The summed E-state index contributed by atoms with van der Waals surface area (Å²) in [7, 11) is 0. The van der Waals surface area contributed by atoms with Crippen molar-refractivity contribution in [1.82, 2.24) is 15.1 Å². The van der Waals surface area contributed by atoms with Gasteiger partial charge in [-0.1, -0.05) is 0 Å². The Hall–Kier alpha value is -1.10. The average Bonchev–Trinajstić information content (AvgIpc) is 2.92. The molecular formula is C13H21N3O2. The maximum atomic E-state index is 12.2. The van der Waals surface area contributed by atoms with E-state index in [-0.39, 0.29) is 11.8 Å². The van der Waals surface area contributed by atoms with Crippen LogP contribution < -0.4 is 5.32 Å². The predicted octanol–water partition coefficient (Wildman–Crippen LogP) is -0.323. The highest BCUT2D eigenvalue weighted by atomic mass is 16.2. The molecule has 3 rings (SSSR count). The maximum Gasteiger partial charge on any atom is 0.242 e. The second-order valence-electron chi connectivity index (χ2n) is 5.75. The lowest BCUT2D eigenvalue weighted by atomic mass is 10.0. The van der Waals surface area contributed by atoms with Crippen LogP contribution in [0.15, 0.2) is 0 Å². The Balaban J connectivity index is 1.54. The van der Waals surface area contributed by atoms with E-state index in [1.807, 2.05) is 4.90 Å². The minimum Gasteiger partial charge on any atom is -0.340 e. The first kappa shape index (κ1) is 12.0. The summed E-state index contributed by atoms with van der Waals surface area (Å²) >= 11 is 0. The van der Waals surface area contributed by atoms with Gasteiger partial charge in [-0.25, -0.2) is 0 Å². The molecule has 3 saturated heterocycles. The van der Waals surface area contributed by atoms with E-state index in [1.54, 1.807) is 4.90 Å². The van der Waals surface area contributed by atoms with E-state index in [9.17, 15) is 9.59 Å². The van der Waals surface area contributed by atoms with Gasteiger partial charge in [-0.15, -0.1) is 0 Å². The number of piperidine rings is 1. The van der Waals surface area contributed by atoms with Crippen molar-refractivity contribution in [1.29, 1.82) is 0 Å². The van der Waals surface area contributed by atoms with Gasteiger partial charge in [-0.05, 0) is 24.7 Å². The van der Waals surface area contributed by atoms with Crippen molar-refractivity contribution in [3.63, 3.8) is 0 Å². The van der Waals surface area contributed by atoms with Gasteiger partial charge >= 0.3 is 0 Å². The summed E-state index contributed by atoms with van der Waals surface area (Å²) in [5.41, 5.74) is 0. The van der Waals surface area contributed by atoms with Crippen molar-refractivity contribution >= 4 is 11.8 Å². The summed E-state index contributed by atoms with van der Waals surface area (Å²) in [6.07, 6.45) is 2.62. The molecular weight excluding hydrogens is 230 g/mol. The molecule has 0 aromatic heterocycles. The summed E-state index contributed by atoms with van der Waals surface area (Å²) in [6, 6.07) is 0. The van der Waals surface area contributed by atoms with E-state index >= 15 is 0 Å². The number of amides is 2. The Labute approximate surface area is 107 Å². The minimum atomic E-state index is 0.139. The number of carbonyl (C=O) groups is 2. The third-order valence-electron chi connectivity index (χ3n) is 4.49. The summed E-state index contributed by atoms with van der Waals surface area (Å²) in [4.78, 5) is 27.6. The molecule has 3 fully saturated rings. The molecule has 0 bridgehead atoms. The summed E-state index contributed by atoms with van der Waals surface area (Å²) in [5, 5.41) is 3.37. The van der Waals surface area contributed by atoms with Crippen molar-refractivity contribution in [2.75, 3.05) is 39.3 Å². The van der Waals surface area contributed by atoms with Crippen molar-refractivity contribution in [3.8, 4) is 0 Å². The zero-order valence-electron chi connectivity index (χ0n) is 10.7. The lowest BCUT2D eigenvalue weighted by Crippen LogP contribution is -2.44. The second kappa shape index (κ2) is 4.88. The van der Waals surface area contributed by atoms with Gasteiger partial charge in [0.1, 0.15) is 0 Å². The van der Waals surface area contributed by atoms with E-state index in [0.717, 1.165) is 45.6 Å². The molecule has 5 heteroatoms. The van der Waals surface area contributed by atoms with Gasteiger partial charge in [0.05, 0.1) is 6.54 Å². The molecule has 100 valence electrons. The number of hydrogen-bond acceptors (Lipinski definition) is 3. The highest BCUT2D eigenvalue weighted by Crippen LogP contribution is 2.26. The highest BCUT2D eigenvalue weighted by Gasteiger charge is 2.38. The number of likely N-dealkylation sites (tertiary alicyclic amines) is 2. The van der Waals surface area contributed by atoms with Crippen molar-refractivity contribution in [3.05, 3.63) is 0 Å². The van der Waals surface area contributed by atoms with E-state index in [1.165, 1.54) is 0 Å². The van der Waals surface area contributed by atoms with E-state index in [0.29, 0.717) is 24.8 Å². The lowest BCUT2D eigenvalue weighted by Gasteiger charge is -2.28. The van der Waals surface area contributed by atoms with Gasteiger partial charge in [0, 0.05) is 39.1 Å². The molecule has 0 saturated carbocycles. The molecule has 5 nitrogen and oxygen atoms in total. The zero-order chi connectivity index (χ0) is 12.5. The minimum absolute atomic E-state index is 0.139. The highest BCUT2D eigenvalue weighted by molar-refractivity contribution is 5.85. The van der Waals surface area contributed by atoms with Crippen LogP contribution in [0.4, 0.5) is 0 Å². The van der Waals surface area contributed by atoms with Crippen LogP contribution in [-0.4, -0.2) is 60.9 Å². The summed E-state index contributed by atoms with van der Waals surface area (Å²) in [6.45, 7) is 4.88. The van der Waals surface area contributed by atoms with Crippen molar-refractivity contribution in [2.24, 2.45) is 11.8 Å². The third-order valence-corrected chi connectivity index (χ3v) is 4.49. The van der Waals surface area contributed by atoms with Gasteiger partial charge in [0.15, 0.2) is 0 Å². The smallest absolute Gasteiger partial charge is 0.242 e. The standard InChI is InChI=1S/C13H21N3O2/c17-12-3-1-2-4-15(12)9-13(18)16-7-10-5-14-6-11(10)8-16/h10-11,14H,1-9H2/t10-,11+. The molecule has 3 heterocycles. The predicted molar refractivity (Wildman–Crippen MR) is 66.9 cm³/mol. The fourth-order valence-corrected chi connectivity index (χ4v) is 3.35. The number of hydrogen-bond donors (Lipinski definition) is 1. The largest absolute Gasteiger partial charge is 0.340 e. The van der Waals surface area contributed by atoms with Crippen LogP contribution in [0.1, 0.15) is 19.3 Å². The molecule has 2 atom stereocenters. The first-order valence-corrected chi connectivity index (χ1v) is 7.00. The number of nitrogens with zero attached hydrogens (tertiary/aromatic N) is 2. The quantitative estimate of drug-likeness (QED) is 0.731. The molecule has 3 aliphatic heterocycles. The zero-order valence-corrected chi connectivity index (χ0v) is 10.7. The number of nitrogens with one attached hydrogen (secondary N) is 1. The second-order valence-corrected chi connectivity index (χ2v) is 5.75. The molecule has 1 N–H and O–H groups in total. The van der Waals surface area contributed by atoms with Gasteiger partial charge < -0.3 is 15.1 Å². The molecule has 0 aliphatic carbocycles. The molecule has 0 spiro atoms. The summed E-state index contributed by atoms with van der Waals surface area (Å²) in [5.74, 6) is 1.55. The van der Waals surface area contributed by atoms with Crippen LogP contribution in [0.3, 0.4) is 0 Å². The summed E-state index contributed by atoms with van der Waals surface area (Å²) < 4.78 is 0. The average molecular weight is 251 g/mol. The Morgan fingerprint density at radius 3 is 2.61 bits per heavy atom. The first-order chi connectivity index (χ1) is 8.74. The Kier molecular flexibility index (Phi) is 3.24. The number of carbonyl (C=O) groups excluding carboxylic acids is 2. The van der Waals surface area contributed by atoms with Gasteiger partial charge in [-0.3, -0.25) is 9.59 Å². The monoisotopic (exact) mass is 251 g/mol. The number of fused-ring (bicyclic) bond motifs is 1. The van der Waals surface area contributed by atoms with E-state index in [4.69, 9.17) is 0 Å². The van der Waals surface area contributed by atoms with E-state index in [2.05, 4.69) is 5.32 Å². The molecule has 2 amide bonds. The Bertz CT molecular complexity index is 346. The first-order valence-electron chi connectivity index (χ1n) is 7.00. The molecule has 18 heavy (non-hydrogen) atoms. The third kappa shape index (κ3) is 2.23. The van der Waals surface area contributed by atoms with Crippen LogP contribution in [0, 0.1) is 11.8 Å². The van der Waals surface area contributed by atoms with Gasteiger partial charge in [0.2, 0.25) is 11.8 Å². The topological polar surface area (TPSA) is 52.7 Å². The van der Waals surface area contributed by atoms with Crippen LogP contribution >= 0.6 is 0 Å². The molecule has 0 aromatic carbocycles. The molecule has 0 unspecified atom stereocenters. The molecule has 0 aromatic rings. The molecule has 3 aliphatic rings. The SMILES string of the molecule is O=C1CCCCN1CC(=O)N1C[C@H]2CNC[C@H]2C1. The van der Waals surface area contributed by atoms with Crippen molar-refractivity contribution in [2.45, 2.75) is 19.3 Å². The normalized spacial score (nSPS) is 31.9. The molecule has 0 radical (unpaired) electrons. The van der Waals surface area contributed by atoms with Gasteiger partial charge in [-0.2, -0.15) is 0 Å². The van der Waals surface area contributed by atoms with Crippen LogP contribution in [0.2, 0.25) is 0 Å². The number of rotatable bonds is 2. The fourth-order valence-electron chi connectivity index (χ4n) is 3.35. The van der Waals surface area contributed by atoms with E-state index < -0.39 is 0 Å². The van der Waals surface area contributed by atoms with Crippen molar-refractivity contribution < 1.29 is 9.59 Å². The fraction of sp³-hybridized carbons (Fsp3) is 0.846. The lowest BCUT2D eigenvalue weighted by molar-refractivity contribution is -0.141.